The van der Waals surface area contributed by atoms with Crippen molar-refractivity contribution < 1.29 is 0 Å². The molecule has 0 radical (unpaired) electrons. The van der Waals surface area contributed by atoms with Gasteiger partial charge in [0.1, 0.15) is 0 Å². The number of hydrogen-bond acceptors (Lipinski definition) is 0. The van der Waals surface area contributed by atoms with E-state index in [2.05, 4.69) is 78.6 Å². The van der Waals surface area contributed by atoms with Crippen LogP contribution in [0.15, 0.2) is 66.7 Å². The molecule has 0 amide bonds. The predicted molar refractivity (Wildman–Crippen MR) is 86.0 cm³/mol. The van der Waals surface area contributed by atoms with E-state index >= 15 is 0 Å². The van der Waals surface area contributed by atoms with Crippen molar-refractivity contribution in [1.82, 2.24) is 4.98 Å². The Morgan fingerprint density at radius 3 is 2.35 bits per heavy atom. The first kappa shape index (κ1) is 11.3. The highest BCUT2D eigenvalue weighted by Gasteiger charge is 2.06. The van der Waals surface area contributed by atoms with Crippen molar-refractivity contribution in [3.63, 3.8) is 0 Å². The topological polar surface area (TPSA) is 15.8 Å². The summed E-state index contributed by atoms with van der Waals surface area (Å²) in [6, 6.07) is 23.7. The minimum absolute atomic E-state index is 1.20. The van der Waals surface area contributed by atoms with Gasteiger partial charge in [0, 0.05) is 21.8 Å². The number of aromatic amines is 1. The van der Waals surface area contributed by atoms with Crippen LogP contribution in [0.5, 0.6) is 0 Å². The smallest absolute Gasteiger partial charge is 0.0465 e. The molecule has 0 aliphatic carbocycles. The molecule has 0 fully saturated rings. The molecule has 0 aliphatic rings. The van der Waals surface area contributed by atoms with Crippen molar-refractivity contribution in [2.24, 2.45) is 0 Å². The summed E-state index contributed by atoms with van der Waals surface area (Å²) in [5.41, 5.74) is 6.29. The molecule has 1 heteroatoms. The Balaban J connectivity index is 2.03. The van der Waals surface area contributed by atoms with E-state index in [1.807, 2.05) is 0 Å². The number of fused-ring (bicyclic) bond motifs is 3. The summed E-state index contributed by atoms with van der Waals surface area (Å²) in [7, 11) is 0. The first-order valence-electron chi connectivity index (χ1n) is 6.89. The van der Waals surface area contributed by atoms with Gasteiger partial charge in [0.25, 0.3) is 0 Å². The van der Waals surface area contributed by atoms with Crippen molar-refractivity contribution in [3.8, 4) is 11.1 Å². The van der Waals surface area contributed by atoms with E-state index in [0.29, 0.717) is 0 Å². The molecule has 3 aromatic carbocycles. The fourth-order valence-electron chi connectivity index (χ4n) is 2.91. The zero-order chi connectivity index (χ0) is 13.5. The minimum Gasteiger partial charge on any atom is -0.355 e. The second kappa shape index (κ2) is 4.24. The van der Waals surface area contributed by atoms with Gasteiger partial charge in [-0.2, -0.15) is 0 Å². The average Bonchev–Trinajstić information content (AvgIpc) is 2.85. The number of hydrogen-bond donors (Lipinski definition) is 1. The summed E-state index contributed by atoms with van der Waals surface area (Å²) in [5.74, 6) is 0. The maximum Gasteiger partial charge on any atom is 0.0465 e. The number of nitrogens with one attached hydrogen (secondary N) is 1. The van der Waals surface area contributed by atoms with Crippen LogP contribution in [-0.2, 0) is 0 Å². The SMILES string of the molecule is Cc1ccccc1-c1ccc2[nH]c3ccccc3c2c1. The predicted octanol–water partition coefficient (Wildman–Crippen LogP) is 5.30. The summed E-state index contributed by atoms with van der Waals surface area (Å²) in [6.07, 6.45) is 0. The first-order valence-corrected chi connectivity index (χ1v) is 6.89. The first-order chi connectivity index (χ1) is 9.83. The Labute approximate surface area is 117 Å². The summed E-state index contributed by atoms with van der Waals surface area (Å²) >= 11 is 0. The number of aromatic nitrogens is 1. The molecule has 0 bridgehead atoms. The Hall–Kier alpha value is -2.54. The third-order valence-electron chi connectivity index (χ3n) is 3.96. The highest BCUT2D eigenvalue weighted by Crippen LogP contribution is 2.31. The molecule has 20 heavy (non-hydrogen) atoms. The zero-order valence-electron chi connectivity index (χ0n) is 11.4. The minimum atomic E-state index is 1.20. The van der Waals surface area contributed by atoms with Crippen LogP contribution in [0.2, 0.25) is 0 Å². The highest BCUT2D eigenvalue weighted by atomic mass is 14.7. The lowest BCUT2D eigenvalue weighted by Gasteiger charge is -2.05. The van der Waals surface area contributed by atoms with E-state index in [-0.39, 0.29) is 0 Å². The highest BCUT2D eigenvalue weighted by molar-refractivity contribution is 6.08. The van der Waals surface area contributed by atoms with Crippen molar-refractivity contribution >= 4 is 21.8 Å². The third kappa shape index (κ3) is 1.64. The second-order valence-electron chi connectivity index (χ2n) is 5.25. The van der Waals surface area contributed by atoms with Gasteiger partial charge in [-0.25, -0.2) is 0 Å². The summed E-state index contributed by atoms with van der Waals surface area (Å²) in [6.45, 7) is 2.16. The van der Waals surface area contributed by atoms with Crippen molar-refractivity contribution in [2.75, 3.05) is 0 Å². The fourth-order valence-corrected chi connectivity index (χ4v) is 2.91. The normalized spacial score (nSPS) is 11.2. The van der Waals surface area contributed by atoms with Crippen LogP contribution in [0, 0.1) is 6.92 Å². The number of para-hydroxylation sites is 1. The van der Waals surface area contributed by atoms with Gasteiger partial charge in [-0.15, -0.1) is 0 Å². The quantitative estimate of drug-likeness (QED) is 0.476. The lowest BCUT2D eigenvalue weighted by Crippen LogP contribution is -1.82. The summed E-state index contributed by atoms with van der Waals surface area (Å²) in [5, 5.41) is 2.58. The molecule has 0 atom stereocenters. The van der Waals surface area contributed by atoms with Gasteiger partial charge in [0.2, 0.25) is 0 Å². The van der Waals surface area contributed by atoms with Gasteiger partial charge in [-0.3, -0.25) is 0 Å². The van der Waals surface area contributed by atoms with E-state index in [1.165, 1.54) is 38.5 Å². The molecule has 96 valence electrons. The van der Waals surface area contributed by atoms with Crippen LogP contribution in [0.4, 0.5) is 0 Å². The van der Waals surface area contributed by atoms with Gasteiger partial charge < -0.3 is 4.98 Å². The molecule has 1 N–H and O–H groups in total. The second-order valence-corrected chi connectivity index (χ2v) is 5.25. The van der Waals surface area contributed by atoms with E-state index in [9.17, 15) is 0 Å². The lowest BCUT2D eigenvalue weighted by atomic mass is 9.99. The number of aryl methyl sites for hydroxylation is 1. The number of rotatable bonds is 1. The lowest BCUT2D eigenvalue weighted by molar-refractivity contribution is 1.46. The molecular formula is C19H15N. The van der Waals surface area contributed by atoms with Crippen LogP contribution >= 0.6 is 0 Å². The maximum absolute atomic E-state index is 3.47. The maximum atomic E-state index is 3.47. The molecule has 0 aliphatic heterocycles. The number of H-pyrrole nitrogens is 1. The molecule has 1 nitrogen and oxygen atoms in total. The molecule has 4 rings (SSSR count). The Morgan fingerprint density at radius 1 is 0.700 bits per heavy atom. The van der Waals surface area contributed by atoms with Crippen LogP contribution in [0.3, 0.4) is 0 Å². The largest absolute Gasteiger partial charge is 0.355 e. The third-order valence-corrected chi connectivity index (χ3v) is 3.96. The molecule has 4 aromatic rings. The monoisotopic (exact) mass is 257 g/mol. The van der Waals surface area contributed by atoms with Gasteiger partial charge >= 0.3 is 0 Å². The van der Waals surface area contributed by atoms with Crippen LogP contribution in [-0.4, -0.2) is 4.98 Å². The van der Waals surface area contributed by atoms with Crippen molar-refractivity contribution in [1.29, 1.82) is 0 Å². The van der Waals surface area contributed by atoms with E-state index in [1.54, 1.807) is 0 Å². The average molecular weight is 257 g/mol. The van der Waals surface area contributed by atoms with Gasteiger partial charge in [-0.05, 0) is 41.8 Å². The van der Waals surface area contributed by atoms with Crippen LogP contribution < -0.4 is 0 Å². The van der Waals surface area contributed by atoms with Gasteiger partial charge in [-0.1, -0.05) is 48.5 Å². The van der Waals surface area contributed by atoms with Gasteiger partial charge in [0.15, 0.2) is 0 Å². The van der Waals surface area contributed by atoms with Crippen LogP contribution in [0.25, 0.3) is 32.9 Å². The fraction of sp³-hybridized carbons (Fsp3) is 0.0526. The zero-order valence-corrected chi connectivity index (χ0v) is 11.4. The molecule has 0 unspecified atom stereocenters. The summed E-state index contributed by atoms with van der Waals surface area (Å²) < 4.78 is 0. The summed E-state index contributed by atoms with van der Waals surface area (Å²) in [4.78, 5) is 3.47. The molecular weight excluding hydrogens is 242 g/mol. The molecule has 0 saturated heterocycles. The van der Waals surface area contributed by atoms with E-state index in [4.69, 9.17) is 0 Å². The van der Waals surface area contributed by atoms with Crippen molar-refractivity contribution in [3.05, 3.63) is 72.3 Å². The Bertz CT molecular complexity index is 915. The van der Waals surface area contributed by atoms with Gasteiger partial charge in [0.05, 0.1) is 0 Å². The Morgan fingerprint density at radius 2 is 1.45 bits per heavy atom. The Kier molecular flexibility index (Phi) is 2.40. The molecule has 1 heterocycles. The van der Waals surface area contributed by atoms with E-state index < -0.39 is 0 Å². The molecule has 0 saturated carbocycles. The molecule has 1 aromatic heterocycles. The van der Waals surface area contributed by atoms with Crippen molar-refractivity contribution in [2.45, 2.75) is 6.92 Å². The number of benzene rings is 3. The standard InChI is InChI=1S/C19H15N/c1-13-6-2-3-7-15(13)14-10-11-19-17(12-14)16-8-4-5-9-18(16)20-19/h2-12,20H,1H3. The van der Waals surface area contributed by atoms with Crippen LogP contribution in [0.1, 0.15) is 5.56 Å². The van der Waals surface area contributed by atoms with E-state index in [0.717, 1.165) is 0 Å². The molecule has 0 spiro atoms.